The molecule has 0 spiro atoms. The molecule has 0 atom stereocenters. The number of aryl methyl sites for hydroxylation is 1. The third kappa shape index (κ3) is 3.70. The zero-order chi connectivity index (χ0) is 17.1. The molecule has 1 aromatic heterocycles. The van der Waals surface area contributed by atoms with Crippen LogP contribution in [0.2, 0.25) is 0 Å². The third-order valence-electron chi connectivity index (χ3n) is 4.83. The van der Waals surface area contributed by atoms with Gasteiger partial charge in [0.1, 0.15) is 11.6 Å². The van der Waals surface area contributed by atoms with Gasteiger partial charge in [-0.1, -0.05) is 26.0 Å². The van der Waals surface area contributed by atoms with Crippen molar-refractivity contribution in [2.24, 2.45) is 0 Å². The van der Waals surface area contributed by atoms with E-state index in [1.807, 2.05) is 24.4 Å². The Morgan fingerprint density at radius 1 is 1.12 bits per heavy atom. The summed E-state index contributed by atoms with van der Waals surface area (Å²) in [6.07, 6.45) is 1.85. The molecule has 1 fully saturated rings. The molecule has 2 aromatic rings. The van der Waals surface area contributed by atoms with Crippen LogP contribution in [-0.4, -0.2) is 41.2 Å². The van der Waals surface area contributed by atoms with Crippen molar-refractivity contribution in [3.8, 4) is 5.75 Å². The minimum Gasteiger partial charge on any atom is -0.508 e. The van der Waals surface area contributed by atoms with Crippen LogP contribution in [0, 0.1) is 6.92 Å². The lowest BCUT2D eigenvalue weighted by Crippen LogP contribution is -2.46. The first kappa shape index (κ1) is 16.8. The van der Waals surface area contributed by atoms with E-state index in [1.165, 1.54) is 11.1 Å². The molecule has 0 bridgehead atoms. The lowest BCUT2D eigenvalue weighted by molar-refractivity contribution is 0.246. The van der Waals surface area contributed by atoms with Gasteiger partial charge in [-0.15, -0.1) is 0 Å². The second-order valence-corrected chi connectivity index (χ2v) is 6.94. The molecule has 4 heteroatoms. The zero-order valence-corrected chi connectivity index (χ0v) is 14.9. The molecule has 1 aromatic carbocycles. The van der Waals surface area contributed by atoms with Crippen molar-refractivity contribution >= 4 is 5.82 Å². The molecule has 4 nitrogen and oxygen atoms in total. The van der Waals surface area contributed by atoms with E-state index in [1.54, 1.807) is 0 Å². The summed E-state index contributed by atoms with van der Waals surface area (Å²) < 4.78 is 0. The fourth-order valence-corrected chi connectivity index (χ4v) is 3.42. The lowest BCUT2D eigenvalue weighted by atomic mass is 9.95. The van der Waals surface area contributed by atoms with Gasteiger partial charge in [-0.2, -0.15) is 0 Å². The van der Waals surface area contributed by atoms with Gasteiger partial charge in [0, 0.05) is 44.5 Å². The summed E-state index contributed by atoms with van der Waals surface area (Å²) in [6, 6.07) is 10.1. The van der Waals surface area contributed by atoms with E-state index in [0.717, 1.165) is 44.1 Å². The number of aromatic hydroxyl groups is 1. The predicted octanol–water partition coefficient (Wildman–Crippen LogP) is 3.54. The maximum Gasteiger partial charge on any atom is 0.128 e. The molecule has 0 amide bonds. The number of hydrogen-bond donors (Lipinski definition) is 1. The van der Waals surface area contributed by atoms with Gasteiger partial charge in [0.05, 0.1) is 0 Å². The largest absolute Gasteiger partial charge is 0.508 e. The first-order valence-corrected chi connectivity index (χ1v) is 8.75. The van der Waals surface area contributed by atoms with Crippen molar-refractivity contribution in [3.05, 3.63) is 53.2 Å². The Bertz CT molecular complexity index is 677. The molecular formula is C20H27N3O. The first-order chi connectivity index (χ1) is 11.5. The molecule has 3 rings (SSSR count). The van der Waals surface area contributed by atoms with Crippen LogP contribution < -0.4 is 4.90 Å². The number of pyridine rings is 1. The quantitative estimate of drug-likeness (QED) is 0.933. The number of hydrogen-bond acceptors (Lipinski definition) is 4. The Hall–Kier alpha value is -2.07. The van der Waals surface area contributed by atoms with Crippen LogP contribution in [0.25, 0.3) is 0 Å². The number of nitrogens with zero attached hydrogens (tertiary/aromatic N) is 3. The number of rotatable bonds is 4. The van der Waals surface area contributed by atoms with E-state index >= 15 is 0 Å². The summed E-state index contributed by atoms with van der Waals surface area (Å²) in [7, 11) is 0. The molecule has 128 valence electrons. The molecule has 1 saturated heterocycles. The maximum absolute atomic E-state index is 10.3. The number of phenolic OH excluding ortho intramolecular Hbond substituents is 1. The normalized spacial score (nSPS) is 15.9. The highest BCUT2D eigenvalue weighted by Gasteiger charge is 2.19. The van der Waals surface area contributed by atoms with Gasteiger partial charge in [0.2, 0.25) is 0 Å². The van der Waals surface area contributed by atoms with Crippen molar-refractivity contribution < 1.29 is 5.11 Å². The topological polar surface area (TPSA) is 39.6 Å². The van der Waals surface area contributed by atoms with Crippen LogP contribution in [0.3, 0.4) is 0 Å². The maximum atomic E-state index is 10.3. The Morgan fingerprint density at radius 3 is 2.50 bits per heavy atom. The summed E-state index contributed by atoms with van der Waals surface area (Å²) in [5, 5.41) is 10.3. The average molecular weight is 325 g/mol. The Morgan fingerprint density at radius 2 is 1.88 bits per heavy atom. The van der Waals surface area contributed by atoms with Gasteiger partial charge in [0.25, 0.3) is 0 Å². The van der Waals surface area contributed by atoms with Gasteiger partial charge >= 0.3 is 0 Å². The van der Waals surface area contributed by atoms with Crippen molar-refractivity contribution in [2.45, 2.75) is 33.2 Å². The van der Waals surface area contributed by atoms with Crippen LogP contribution in [-0.2, 0) is 6.54 Å². The highest BCUT2D eigenvalue weighted by atomic mass is 16.3. The van der Waals surface area contributed by atoms with Gasteiger partial charge in [-0.3, -0.25) is 4.90 Å². The molecule has 0 unspecified atom stereocenters. The lowest BCUT2D eigenvalue weighted by Gasteiger charge is -2.35. The highest BCUT2D eigenvalue weighted by molar-refractivity contribution is 5.43. The number of phenols is 1. The molecular weight excluding hydrogens is 298 g/mol. The third-order valence-corrected chi connectivity index (χ3v) is 4.83. The van der Waals surface area contributed by atoms with Crippen LogP contribution in [0.1, 0.15) is 36.5 Å². The second-order valence-electron chi connectivity index (χ2n) is 6.94. The summed E-state index contributed by atoms with van der Waals surface area (Å²) in [6.45, 7) is 11.2. The Balaban J connectivity index is 1.65. The monoisotopic (exact) mass is 325 g/mol. The van der Waals surface area contributed by atoms with E-state index in [0.29, 0.717) is 11.7 Å². The van der Waals surface area contributed by atoms with Gasteiger partial charge in [0.15, 0.2) is 0 Å². The standard InChI is InChI=1S/C20H27N3O/c1-15(2)18-13-17(19(24)12-16(18)3)14-22-8-10-23(11-9-22)20-6-4-5-7-21-20/h4-7,12-13,15,24H,8-11,14H2,1-3H3. The van der Waals surface area contributed by atoms with Crippen LogP contribution in [0.4, 0.5) is 5.82 Å². The smallest absolute Gasteiger partial charge is 0.128 e. The van der Waals surface area contributed by atoms with Gasteiger partial charge < -0.3 is 10.0 Å². The molecule has 0 saturated carbocycles. The molecule has 1 aliphatic rings. The van der Waals surface area contributed by atoms with Crippen molar-refractivity contribution in [1.29, 1.82) is 0 Å². The van der Waals surface area contributed by atoms with Gasteiger partial charge in [-0.25, -0.2) is 4.98 Å². The van der Waals surface area contributed by atoms with Crippen LogP contribution >= 0.6 is 0 Å². The predicted molar refractivity (Wildman–Crippen MR) is 98.7 cm³/mol. The molecule has 0 radical (unpaired) electrons. The van der Waals surface area contributed by atoms with E-state index in [4.69, 9.17) is 0 Å². The molecule has 1 N–H and O–H groups in total. The summed E-state index contributed by atoms with van der Waals surface area (Å²) in [4.78, 5) is 9.17. The molecule has 2 heterocycles. The Labute approximate surface area is 144 Å². The Kier molecular flexibility index (Phi) is 5.05. The second kappa shape index (κ2) is 7.22. The summed E-state index contributed by atoms with van der Waals surface area (Å²) >= 11 is 0. The summed E-state index contributed by atoms with van der Waals surface area (Å²) in [5.74, 6) is 1.95. The minimum absolute atomic E-state index is 0.420. The van der Waals surface area contributed by atoms with Crippen molar-refractivity contribution in [2.75, 3.05) is 31.1 Å². The average Bonchev–Trinajstić information content (AvgIpc) is 2.58. The fourth-order valence-electron chi connectivity index (χ4n) is 3.42. The van der Waals surface area contributed by atoms with Gasteiger partial charge in [-0.05, 0) is 42.2 Å². The van der Waals surface area contributed by atoms with E-state index in [-0.39, 0.29) is 0 Å². The minimum atomic E-state index is 0.420. The van der Waals surface area contributed by atoms with E-state index in [2.05, 4.69) is 47.7 Å². The highest BCUT2D eigenvalue weighted by Crippen LogP contribution is 2.28. The number of anilines is 1. The first-order valence-electron chi connectivity index (χ1n) is 8.75. The van der Waals surface area contributed by atoms with Crippen molar-refractivity contribution in [3.63, 3.8) is 0 Å². The fraction of sp³-hybridized carbons (Fsp3) is 0.450. The molecule has 0 aliphatic carbocycles. The summed E-state index contributed by atoms with van der Waals surface area (Å²) in [5.41, 5.74) is 3.54. The van der Waals surface area contributed by atoms with E-state index < -0.39 is 0 Å². The van der Waals surface area contributed by atoms with Crippen molar-refractivity contribution in [1.82, 2.24) is 9.88 Å². The SMILES string of the molecule is Cc1cc(O)c(CN2CCN(c3ccccn3)CC2)cc1C(C)C. The number of aromatic nitrogens is 1. The number of piperazine rings is 1. The number of benzene rings is 1. The molecule has 1 aliphatic heterocycles. The zero-order valence-electron chi connectivity index (χ0n) is 14.9. The van der Waals surface area contributed by atoms with Crippen LogP contribution in [0.15, 0.2) is 36.5 Å². The van der Waals surface area contributed by atoms with Crippen LogP contribution in [0.5, 0.6) is 5.75 Å². The molecule has 24 heavy (non-hydrogen) atoms. The van der Waals surface area contributed by atoms with E-state index in [9.17, 15) is 5.11 Å².